The van der Waals surface area contributed by atoms with Crippen molar-refractivity contribution in [1.29, 1.82) is 0 Å². The van der Waals surface area contributed by atoms with Crippen molar-refractivity contribution in [1.82, 2.24) is 15.5 Å². The third-order valence-corrected chi connectivity index (χ3v) is 3.58. The van der Waals surface area contributed by atoms with Gasteiger partial charge in [-0.2, -0.15) is 4.98 Å². The summed E-state index contributed by atoms with van der Waals surface area (Å²) < 4.78 is 10.9. The number of aryl methyl sites for hydroxylation is 2. The normalized spacial score (nSPS) is 18.2. The zero-order valence-electron chi connectivity index (χ0n) is 11.8. The maximum Gasteiger partial charge on any atom is 0.223 e. The molecule has 1 N–H and O–H groups in total. The second kappa shape index (κ2) is 5.63. The molecule has 1 aliphatic rings. The van der Waals surface area contributed by atoms with Gasteiger partial charge in [-0.1, -0.05) is 23.4 Å². The number of benzene rings is 1. The van der Waals surface area contributed by atoms with Gasteiger partial charge in [-0.25, -0.2) is 0 Å². The number of nitrogens with zero attached hydrogens (tertiary/aromatic N) is 2. The standard InChI is InChI=1S/C15H19N3O2/c1-10-5-3-6-12-13(7-4-8-19-15(10)12)16-9-14-17-11(2)20-18-14/h3,5-6,13,16H,4,7-9H2,1-2H3. The molecule has 0 saturated heterocycles. The summed E-state index contributed by atoms with van der Waals surface area (Å²) in [6.45, 7) is 5.27. The first kappa shape index (κ1) is 13.1. The van der Waals surface area contributed by atoms with Crippen molar-refractivity contribution in [3.05, 3.63) is 41.0 Å². The zero-order valence-corrected chi connectivity index (χ0v) is 11.8. The lowest BCUT2D eigenvalue weighted by Gasteiger charge is -2.18. The van der Waals surface area contributed by atoms with E-state index in [0.29, 0.717) is 18.3 Å². The summed E-state index contributed by atoms with van der Waals surface area (Å²) in [6.07, 6.45) is 2.09. The summed E-state index contributed by atoms with van der Waals surface area (Å²) >= 11 is 0. The summed E-state index contributed by atoms with van der Waals surface area (Å²) in [7, 11) is 0. The molecule has 0 radical (unpaired) electrons. The minimum Gasteiger partial charge on any atom is -0.493 e. The van der Waals surface area contributed by atoms with Gasteiger partial charge in [-0.05, 0) is 25.3 Å². The Labute approximate surface area is 118 Å². The van der Waals surface area contributed by atoms with Crippen LogP contribution >= 0.6 is 0 Å². The monoisotopic (exact) mass is 273 g/mol. The Bertz CT molecular complexity index is 595. The summed E-state index contributed by atoms with van der Waals surface area (Å²) in [5.41, 5.74) is 2.41. The number of para-hydroxylation sites is 1. The highest BCUT2D eigenvalue weighted by molar-refractivity contribution is 5.43. The van der Waals surface area contributed by atoms with Gasteiger partial charge in [-0.15, -0.1) is 0 Å². The number of fused-ring (bicyclic) bond motifs is 1. The third kappa shape index (κ3) is 2.67. The summed E-state index contributed by atoms with van der Waals surface area (Å²) in [5.74, 6) is 2.32. The largest absolute Gasteiger partial charge is 0.493 e. The highest BCUT2D eigenvalue weighted by Crippen LogP contribution is 2.34. The predicted octanol–water partition coefficient (Wildman–Crippen LogP) is 2.69. The summed E-state index contributed by atoms with van der Waals surface area (Å²) in [5, 5.41) is 7.43. The van der Waals surface area contributed by atoms with Crippen molar-refractivity contribution in [3.8, 4) is 5.75 Å². The van der Waals surface area contributed by atoms with Crippen LogP contribution in [-0.2, 0) is 6.54 Å². The lowest BCUT2D eigenvalue weighted by Crippen LogP contribution is -2.21. The van der Waals surface area contributed by atoms with Crippen LogP contribution in [0.25, 0.3) is 0 Å². The van der Waals surface area contributed by atoms with Crippen LogP contribution in [0.2, 0.25) is 0 Å². The molecule has 20 heavy (non-hydrogen) atoms. The quantitative estimate of drug-likeness (QED) is 0.931. The maximum absolute atomic E-state index is 5.88. The highest BCUT2D eigenvalue weighted by atomic mass is 16.5. The van der Waals surface area contributed by atoms with E-state index < -0.39 is 0 Å². The van der Waals surface area contributed by atoms with Crippen LogP contribution in [0.1, 0.15) is 41.7 Å². The second-order valence-electron chi connectivity index (χ2n) is 5.15. The zero-order chi connectivity index (χ0) is 13.9. The lowest BCUT2D eigenvalue weighted by molar-refractivity contribution is 0.313. The van der Waals surface area contributed by atoms with Crippen LogP contribution in [0.5, 0.6) is 5.75 Å². The molecule has 1 aromatic carbocycles. The highest BCUT2D eigenvalue weighted by Gasteiger charge is 2.21. The Kier molecular flexibility index (Phi) is 3.69. The Morgan fingerprint density at radius 3 is 3.05 bits per heavy atom. The van der Waals surface area contributed by atoms with Gasteiger partial charge in [0, 0.05) is 18.5 Å². The fourth-order valence-corrected chi connectivity index (χ4v) is 2.60. The molecule has 1 aliphatic heterocycles. The van der Waals surface area contributed by atoms with Crippen molar-refractivity contribution >= 4 is 0 Å². The molecule has 1 aromatic heterocycles. The van der Waals surface area contributed by atoms with Gasteiger partial charge in [-0.3, -0.25) is 0 Å². The van der Waals surface area contributed by atoms with E-state index in [0.717, 1.165) is 25.2 Å². The van der Waals surface area contributed by atoms with Crippen LogP contribution < -0.4 is 10.1 Å². The predicted molar refractivity (Wildman–Crippen MR) is 74.5 cm³/mol. The molecule has 1 unspecified atom stereocenters. The van der Waals surface area contributed by atoms with Gasteiger partial charge in [0.15, 0.2) is 5.82 Å². The Morgan fingerprint density at radius 2 is 2.25 bits per heavy atom. The molecule has 2 aromatic rings. The fraction of sp³-hybridized carbons (Fsp3) is 0.467. The average molecular weight is 273 g/mol. The molecule has 2 heterocycles. The first-order valence-electron chi connectivity index (χ1n) is 6.99. The molecule has 0 aliphatic carbocycles. The SMILES string of the molecule is Cc1nc(CNC2CCCOc3c(C)cccc32)no1. The van der Waals surface area contributed by atoms with E-state index in [1.165, 1.54) is 11.1 Å². The summed E-state index contributed by atoms with van der Waals surface area (Å²) in [4.78, 5) is 4.22. The Balaban J connectivity index is 1.78. The number of nitrogens with one attached hydrogen (secondary N) is 1. The number of aromatic nitrogens is 2. The van der Waals surface area contributed by atoms with Gasteiger partial charge in [0.1, 0.15) is 5.75 Å². The van der Waals surface area contributed by atoms with Crippen molar-refractivity contribution in [2.24, 2.45) is 0 Å². The molecule has 0 saturated carbocycles. The van der Waals surface area contributed by atoms with Crippen molar-refractivity contribution in [2.75, 3.05) is 6.61 Å². The molecule has 3 rings (SSSR count). The Morgan fingerprint density at radius 1 is 1.35 bits per heavy atom. The summed E-state index contributed by atoms with van der Waals surface area (Å²) in [6, 6.07) is 6.57. The molecular formula is C15H19N3O2. The van der Waals surface area contributed by atoms with Crippen LogP contribution in [0.3, 0.4) is 0 Å². The number of rotatable bonds is 3. The molecule has 5 nitrogen and oxygen atoms in total. The van der Waals surface area contributed by atoms with Gasteiger partial charge in [0.2, 0.25) is 5.89 Å². The molecule has 106 valence electrons. The van der Waals surface area contributed by atoms with E-state index in [4.69, 9.17) is 9.26 Å². The van der Waals surface area contributed by atoms with Gasteiger partial charge in [0.25, 0.3) is 0 Å². The Hall–Kier alpha value is -1.88. The first-order chi connectivity index (χ1) is 9.74. The van der Waals surface area contributed by atoms with Crippen LogP contribution in [0.15, 0.2) is 22.7 Å². The number of ether oxygens (including phenoxy) is 1. The van der Waals surface area contributed by atoms with Crippen molar-refractivity contribution in [3.63, 3.8) is 0 Å². The number of hydrogen-bond donors (Lipinski definition) is 1. The number of hydrogen-bond acceptors (Lipinski definition) is 5. The van der Waals surface area contributed by atoms with E-state index in [9.17, 15) is 0 Å². The van der Waals surface area contributed by atoms with E-state index in [1.807, 2.05) is 0 Å². The molecule has 0 bridgehead atoms. The van der Waals surface area contributed by atoms with Crippen molar-refractivity contribution in [2.45, 2.75) is 39.3 Å². The maximum atomic E-state index is 5.88. The molecule has 1 atom stereocenters. The topological polar surface area (TPSA) is 60.2 Å². The molecule has 0 spiro atoms. The van der Waals surface area contributed by atoms with E-state index in [2.05, 4.69) is 40.6 Å². The second-order valence-corrected chi connectivity index (χ2v) is 5.15. The minimum absolute atomic E-state index is 0.270. The average Bonchev–Trinajstić information content (AvgIpc) is 2.73. The van der Waals surface area contributed by atoms with Crippen LogP contribution in [-0.4, -0.2) is 16.7 Å². The molecular weight excluding hydrogens is 254 g/mol. The lowest BCUT2D eigenvalue weighted by atomic mass is 10.00. The molecule has 0 amide bonds. The third-order valence-electron chi connectivity index (χ3n) is 3.58. The van der Waals surface area contributed by atoms with Gasteiger partial charge >= 0.3 is 0 Å². The van der Waals surface area contributed by atoms with E-state index >= 15 is 0 Å². The smallest absolute Gasteiger partial charge is 0.223 e. The minimum atomic E-state index is 0.270. The van der Waals surface area contributed by atoms with Crippen molar-refractivity contribution < 1.29 is 9.26 Å². The van der Waals surface area contributed by atoms with Crippen LogP contribution in [0, 0.1) is 13.8 Å². The molecule has 5 heteroatoms. The first-order valence-corrected chi connectivity index (χ1v) is 6.99. The van der Waals surface area contributed by atoms with E-state index in [-0.39, 0.29) is 6.04 Å². The van der Waals surface area contributed by atoms with E-state index in [1.54, 1.807) is 6.92 Å². The molecule has 0 fully saturated rings. The fourth-order valence-electron chi connectivity index (χ4n) is 2.60. The van der Waals surface area contributed by atoms with Crippen LogP contribution in [0.4, 0.5) is 0 Å². The van der Waals surface area contributed by atoms with Gasteiger partial charge in [0.05, 0.1) is 13.2 Å². The van der Waals surface area contributed by atoms with Gasteiger partial charge < -0.3 is 14.6 Å².